The summed E-state index contributed by atoms with van der Waals surface area (Å²) in [5, 5.41) is 0. The van der Waals surface area contributed by atoms with E-state index in [1.807, 2.05) is 6.08 Å². The lowest BCUT2D eigenvalue weighted by atomic mass is 10.1. The van der Waals surface area contributed by atoms with E-state index in [0.29, 0.717) is 6.61 Å². The van der Waals surface area contributed by atoms with Crippen molar-refractivity contribution in [1.29, 1.82) is 0 Å². The van der Waals surface area contributed by atoms with Crippen molar-refractivity contribution in [3.8, 4) is 11.8 Å². The summed E-state index contributed by atoms with van der Waals surface area (Å²) in [5.41, 5.74) is 0. The molecule has 0 aromatic rings. The molecule has 0 saturated carbocycles. The number of hydrogen-bond donors (Lipinski definition) is 0. The van der Waals surface area contributed by atoms with Crippen molar-refractivity contribution in [2.24, 2.45) is 0 Å². The predicted octanol–water partition coefficient (Wildman–Crippen LogP) is 4.25. The highest BCUT2D eigenvalue weighted by Gasteiger charge is 1.93. The van der Waals surface area contributed by atoms with E-state index in [2.05, 4.69) is 24.8 Å². The van der Waals surface area contributed by atoms with Gasteiger partial charge < -0.3 is 4.74 Å². The van der Waals surface area contributed by atoms with Gasteiger partial charge in [0.2, 0.25) is 0 Å². The van der Waals surface area contributed by atoms with E-state index < -0.39 is 0 Å². The molecular weight excluding hydrogens is 224 g/mol. The average molecular weight is 250 g/mol. The summed E-state index contributed by atoms with van der Waals surface area (Å²) < 4.78 is 4.87. The maximum atomic E-state index is 10.5. The molecule has 0 amide bonds. The molecule has 0 aromatic carbocycles. The summed E-state index contributed by atoms with van der Waals surface area (Å²) in [6.45, 7) is 4.14. The molecule has 0 aliphatic carbocycles. The smallest absolute Gasteiger partial charge is 0.302 e. The van der Waals surface area contributed by atoms with Crippen LogP contribution in [0, 0.1) is 11.8 Å². The molecule has 0 rings (SSSR count). The minimum atomic E-state index is -0.175. The Bertz CT molecular complexity index is 281. The molecule has 0 saturated heterocycles. The van der Waals surface area contributed by atoms with Crippen LogP contribution >= 0.6 is 0 Å². The largest absolute Gasteiger partial charge is 0.466 e. The number of carbonyl (C=O) groups excluding carboxylic acids is 1. The highest BCUT2D eigenvalue weighted by molar-refractivity contribution is 5.65. The summed E-state index contributed by atoms with van der Waals surface area (Å²) in [6.07, 6.45) is 13.1. The van der Waals surface area contributed by atoms with Gasteiger partial charge in [-0.05, 0) is 25.3 Å². The van der Waals surface area contributed by atoms with Crippen LogP contribution in [0.2, 0.25) is 0 Å². The summed E-state index contributed by atoms with van der Waals surface area (Å²) >= 11 is 0. The lowest BCUT2D eigenvalue weighted by molar-refractivity contribution is -0.141. The van der Waals surface area contributed by atoms with Crippen molar-refractivity contribution in [3.63, 3.8) is 0 Å². The molecule has 0 unspecified atom stereocenters. The zero-order chi connectivity index (χ0) is 13.5. The van der Waals surface area contributed by atoms with Crippen molar-refractivity contribution in [2.75, 3.05) is 6.61 Å². The first-order valence-corrected chi connectivity index (χ1v) is 7.04. The van der Waals surface area contributed by atoms with E-state index in [1.54, 1.807) is 0 Å². The number of unbranched alkanes of at least 4 members (excludes halogenated alkanes) is 6. The van der Waals surface area contributed by atoms with E-state index in [-0.39, 0.29) is 5.97 Å². The Morgan fingerprint density at radius 2 is 1.78 bits per heavy atom. The molecule has 0 fully saturated rings. The molecule has 0 spiro atoms. The van der Waals surface area contributed by atoms with E-state index in [4.69, 9.17) is 4.74 Å². The second-order valence-corrected chi connectivity index (χ2v) is 4.34. The van der Waals surface area contributed by atoms with Crippen LogP contribution in [0.15, 0.2) is 12.2 Å². The van der Waals surface area contributed by atoms with Gasteiger partial charge in [0.1, 0.15) is 0 Å². The van der Waals surface area contributed by atoms with Crippen LogP contribution in [-0.4, -0.2) is 12.6 Å². The van der Waals surface area contributed by atoms with Crippen LogP contribution in [0.5, 0.6) is 0 Å². The molecule has 2 heteroatoms. The van der Waals surface area contributed by atoms with E-state index in [1.165, 1.54) is 32.6 Å². The summed E-state index contributed by atoms with van der Waals surface area (Å²) in [5.74, 6) is 6.01. The number of ether oxygens (including phenoxy) is 1. The fourth-order valence-electron chi connectivity index (χ4n) is 1.55. The van der Waals surface area contributed by atoms with Crippen molar-refractivity contribution in [1.82, 2.24) is 0 Å². The van der Waals surface area contributed by atoms with Gasteiger partial charge in [-0.1, -0.05) is 50.5 Å². The van der Waals surface area contributed by atoms with Gasteiger partial charge in [0.15, 0.2) is 0 Å². The Morgan fingerprint density at radius 3 is 2.44 bits per heavy atom. The van der Waals surface area contributed by atoms with Crippen molar-refractivity contribution < 1.29 is 9.53 Å². The second-order valence-electron chi connectivity index (χ2n) is 4.34. The fraction of sp³-hybridized carbons (Fsp3) is 0.688. The number of carbonyl (C=O) groups is 1. The number of rotatable bonds is 9. The number of esters is 1. The normalized spacial score (nSPS) is 10.1. The minimum Gasteiger partial charge on any atom is -0.466 e. The number of hydrogen-bond acceptors (Lipinski definition) is 2. The van der Waals surface area contributed by atoms with Gasteiger partial charge >= 0.3 is 5.97 Å². The van der Waals surface area contributed by atoms with Crippen LogP contribution in [0.4, 0.5) is 0 Å². The Morgan fingerprint density at radius 1 is 1.11 bits per heavy atom. The van der Waals surface area contributed by atoms with Crippen molar-refractivity contribution >= 4 is 5.97 Å². The first-order chi connectivity index (χ1) is 8.77. The number of allylic oxidation sites excluding steroid dienone is 2. The molecule has 0 N–H and O–H groups in total. The summed E-state index contributed by atoms with van der Waals surface area (Å²) in [7, 11) is 0. The third kappa shape index (κ3) is 14.8. The standard InChI is InChI=1S/C16H26O2/c1-3-4-5-6-7-8-9-10-11-12-13-14-15-18-16(2)17/h4-5H,3,8-15H2,1-2H3/b5-4+. The average Bonchev–Trinajstić information content (AvgIpc) is 2.34. The molecular formula is C16H26O2. The monoisotopic (exact) mass is 250 g/mol. The molecule has 0 aromatic heterocycles. The van der Waals surface area contributed by atoms with Crippen LogP contribution in [0.3, 0.4) is 0 Å². The zero-order valence-corrected chi connectivity index (χ0v) is 11.8. The molecule has 0 aliphatic rings. The second kappa shape index (κ2) is 13.8. The quantitative estimate of drug-likeness (QED) is 0.347. The van der Waals surface area contributed by atoms with Gasteiger partial charge in [-0.15, -0.1) is 0 Å². The fourth-order valence-corrected chi connectivity index (χ4v) is 1.55. The van der Waals surface area contributed by atoms with Gasteiger partial charge in [-0.25, -0.2) is 0 Å². The maximum Gasteiger partial charge on any atom is 0.302 e. The van der Waals surface area contributed by atoms with Crippen LogP contribution < -0.4 is 0 Å². The van der Waals surface area contributed by atoms with E-state index in [0.717, 1.165) is 25.7 Å². The molecule has 18 heavy (non-hydrogen) atoms. The third-order valence-corrected chi connectivity index (χ3v) is 2.54. The lowest BCUT2D eigenvalue weighted by Gasteiger charge is -2.01. The van der Waals surface area contributed by atoms with E-state index >= 15 is 0 Å². The molecule has 0 bridgehead atoms. The highest BCUT2D eigenvalue weighted by atomic mass is 16.5. The first kappa shape index (κ1) is 16.8. The first-order valence-electron chi connectivity index (χ1n) is 7.04. The molecule has 0 radical (unpaired) electrons. The van der Waals surface area contributed by atoms with Crippen molar-refractivity contribution in [3.05, 3.63) is 12.2 Å². The SMILES string of the molecule is CC/C=C/C#CCCCCCCCCOC(C)=O. The van der Waals surface area contributed by atoms with E-state index in [9.17, 15) is 4.79 Å². The third-order valence-electron chi connectivity index (χ3n) is 2.54. The van der Waals surface area contributed by atoms with Gasteiger partial charge in [0.05, 0.1) is 6.61 Å². The maximum absolute atomic E-state index is 10.5. The van der Waals surface area contributed by atoms with Gasteiger partial charge in [0, 0.05) is 13.3 Å². The van der Waals surface area contributed by atoms with Crippen LogP contribution in [0.1, 0.15) is 65.2 Å². The Labute approximate surface area is 112 Å². The zero-order valence-electron chi connectivity index (χ0n) is 11.8. The molecule has 2 nitrogen and oxygen atoms in total. The topological polar surface area (TPSA) is 26.3 Å². The molecule has 0 aliphatic heterocycles. The summed E-state index contributed by atoms with van der Waals surface area (Å²) in [6, 6.07) is 0. The molecule has 0 heterocycles. The molecule has 102 valence electrons. The Balaban J connectivity index is 3.13. The van der Waals surface area contributed by atoms with Crippen molar-refractivity contribution in [2.45, 2.75) is 65.2 Å². The van der Waals surface area contributed by atoms with Gasteiger partial charge in [-0.2, -0.15) is 0 Å². The van der Waals surface area contributed by atoms with Crippen LogP contribution in [0.25, 0.3) is 0 Å². The molecule has 0 atom stereocenters. The Hall–Kier alpha value is -1.23. The minimum absolute atomic E-state index is 0.175. The highest BCUT2D eigenvalue weighted by Crippen LogP contribution is 2.06. The lowest BCUT2D eigenvalue weighted by Crippen LogP contribution is -1.99. The van der Waals surface area contributed by atoms with Gasteiger partial charge in [0.25, 0.3) is 0 Å². The predicted molar refractivity (Wildman–Crippen MR) is 76.2 cm³/mol. The van der Waals surface area contributed by atoms with Gasteiger partial charge in [-0.3, -0.25) is 4.79 Å². The Kier molecular flexibility index (Phi) is 12.9. The summed E-state index contributed by atoms with van der Waals surface area (Å²) in [4.78, 5) is 10.5. The van der Waals surface area contributed by atoms with Crippen LogP contribution in [-0.2, 0) is 9.53 Å².